The van der Waals surface area contributed by atoms with E-state index in [1.807, 2.05) is 0 Å². The van der Waals surface area contributed by atoms with Crippen LogP contribution < -0.4 is 4.74 Å². The molecule has 1 aromatic heterocycles. The summed E-state index contributed by atoms with van der Waals surface area (Å²) in [6, 6.07) is 1.78. The van der Waals surface area contributed by atoms with Gasteiger partial charge >= 0.3 is 6.36 Å². The topological polar surface area (TPSA) is 45.9 Å². The maximum atomic E-state index is 12.3. The molecule has 7 heteroatoms. The standard InChI is InChI=1S/C10H8BrF3N2O/c1-6-8(4-11)9(17-10(12,13)14)7(2-3-15)5-16-6/h5H,2,4H2,1H3. The molecular formula is C10H8BrF3N2O. The molecule has 0 N–H and O–H groups in total. The van der Waals surface area contributed by atoms with Crippen molar-refractivity contribution in [3.63, 3.8) is 0 Å². The highest BCUT2D eigenvalue weighted by Gasteiger charge is 2.33. The molecule has 0 saturated heterocycles. The molecule has 0 radical (unpaired) electrons. The number of hydrogen-bond donors (Lipinski definition) is 0. The van der Waals surface area contributed by atoms with Crippen molar-refractivity contribution < 1.29 is 17.9 Å². The van der Waals surface area contributed by atoms with Crippen molar-refractivity contribution in [2.75, 3.05) is 0 Å². The third kappa shape index (κ3) is 3.60. The molecule has 92 valence electrons. The molecule has 0 bridgehead atoms. The van der Waals surface area contributed by atoms with E-state index in [1.54, 1.807) is 13.0 Å². The van der Waals surface area contributed by atoms with Gasteiger partial charge in [-0.3, -0.25) is 4.98 Å². The third-order valence-corrected chi connectivity index (χ3v) is 2.60. The second-order valence-corrected chi connectivity index (χ2v) is 3.75. The molecule has 0 atom stereocenters. The van der Waals surface area contributed by atoms with Crippen molar-refractivity contribution in [3.05, 3.63) is 23.0 Å². The summed E-state index contributed by atoms with van der Waals surface area (Å²) in [5, 5.41) is 8.73. The number of nitriles is 1. The number of aromatic nitrogens is 1. The lowest BCUT2D eigenvalue weighted by Crippen LogP contribution is -2.19. The van der Waals surface area contributed by atoms with Crippen LogP contribution in [0.25, 0.3) is 0 Å². The molecule has 1 rings (SSSR count). The molecule has 0 unspecified atom stereocenters. The van der Waals surface area contributed by atoms with E-state index < -0.39 is 6.36 Å². The molecule has 17 heavy (non-hydrogen) atoms. The Hall–Kier alpha value is -1.29. The summed E-state index contributed by atoms with van der Waals surface area (Å²) in [6.45, 7) is 1.58. The number of rotatable bonds is 3. The minimum absolute atomic E-state index is 0.130. The number of alkyl halides is 4. The Morgan fingerprint density at radius 1 is 1.53 bits per heavy atom. The van der Waals surface area contributed by atoms with Crippen molar-refractivity contribution >= 4 is 15.9 Å². The first-order chi connectivity index (χ1) is 7.89. The Morgan fingerprint density at radius 3 is 2.65 bits per heavy atom. The Labute approximate surface area is 104 Å². The molecular weight excluding hydrogens is 301 g/mol. The van der Waals surface area contributed by atoms with Crippen LogP contribution >= 0.6 is 15.9 Å². The van der Waals surface area contributed by atoms with Crippen LogP contribution in [-0.4, -0.2) is 11.3 Å². The maximum Gasteiger partial charge on any atom is 0.573 e. The molecule has 0 aromatic carbocycles. The smallest absolute Gasteiger partial charge is 0.405 e. The molecule has 0 saturated carbocycles. The van der Waals surface area contributed by atoms with Crippen molar-refractivity contribution in [2.45, 2.75) is 25.0 Å². The van der Waals surface area contributed by atoms with E-state index in [-0.39, 0.29) is 23.1 Å². The van der Waals surface area contributed by atoms with Crippen LogP contribution in [0.15, 0.2) is 6.20 Å². The second-order valence-electron chi connectivity index (χ2n) is 3.19. The molecule has 0 aliphatic carbocycles. The van der Waals surface area contributed by atoms with Crippen molar-refractivity contribution in [3.8, 4) is 11.8 Å². The van der Waals surface area contributed by atoms with E-state index >= 15 is 0 Å². The zero-order chi connectivity index (χ0) is 13.1. The van der Waals surface area contributed by atoms with E-state index in [0.717, 1.165) is 0 Å². The summed E-state index contributed by atoms with van der Waals surface area (Å²) < 4.78 is 40.8. The fourth-order valence-electron chi connectivity index (χ4n) is 1.28. The molecule has 0 aliphatic rings. The van der Waals surface area contributed by atoms with Crippen LogP contribution in [0.4, 0.5) is 13.2 Å². The highest BCUT2D eigenvalue weighted by atomic mass is 79.9. The van der Waals surface area contributed by atoms with Gasteiger partial charge in [-0.05, 0) is 6.92 Å². The van der Waals surface area contributed by atoms with E-state index in [0.29, 0.717) is 11.3 Å². The number of halogens is 4. The van der Waals surface area contributed by atoms with E-state index in [1.165, 1.54) is 6.20 Å². The predicted octanol–water partition coefficient (Wildman–Crippen LogP) is 3.25. The number of pyridine rings is 1. The Balaban J connectivity index is 3.29. The van der Waals surface area contributed by atoms with E-state index in [9.17, 15) is 13.2 Å². The second kappa shape index (κ2) is 5.36. The minimum atomic E-state index is -4.78. The third-order valence-electron chi connectivity index (χ3n) is 2.04. The van der Waals surface area contributed by atoms with Crippen molar-refractivity contribution in [1.82, 2.24) is 4.98 Å². The first kappa shape index (κ1) is 13.8. The zero-order valence-corrected chi connectivity index (χ0v) is 10.4. The number of hydrogen-bond acceptors (Lipinski definition) is 3. The summed E-state index contributed by atoms with van der Waals surface area (Å²) in [5.41, 5.74) is 0.864. The highest BCUT2D eigenvalue weighted by Crippen LogP contribution is 2.32. The SMILES string of the molecule is Cc1ncc(CC#N)c(OC(F)(F)F)c1CBr. The average Bonchev–Trinajstić information content (AvgIpc) is 2.21. The van der Waals surface area contributed by atoms with Gasteiger partial charge in [-0.25, -0.2) is 0 Å². The summed E-state index contributed by atoms with van der Waals surface area (Å²) in [7, 11) is 0. The van der Waals surface area contributed by atoms with Crippen molar-refractivity contribution in [2.24, 2.45) is 0 Å². The molecule has 3 nitrogen and oxygen atoms in total. The fourth-order valence-corrected chi connectivity index (χ4v) is 1.94. The van der Waals surface area contributed by atoms with Gasteiger partial charge in [-0.2, -0.15) is 5.26 Å². The monoisotopic (exact) mass is 308 g/mol. The van der Waals surface area contributed by atoms with E-state index in [4.69, 9.17) is 5.26 Å². The predicted molar refractivity (Wildman–Crippen MR) is 57.6 cm³/mol. The fraction of sp³-hybridized carbons (Fsp3) is 0.400. The van der Waals surface area contributed by atoms with Gasteiger partial charge in [0, 0.05) is 28.3 Å². The quantitative estimate of drug-likeness (QED) is 0.805. The lowest BCUT2D eigenvalue weighted by molar-refractivity contribution is -0.275. The Bertz CT molecular complexity index is 454. The average molecular weight is 309 g/mol. The summed E-state index contributed by atoms with van der Waals surface area (Å²) in [4.78, 5) is 3.93. The van der Waals surface area contributed by atoms with Crippen LogP contribution in [0.3, 0.4) is 0 Å². The van der Waals surface area contributed by atoms with Crippen LogP contribution in [-0.2, 0) is 11.8 Å². The van der Waals surface area contributed by atoms with Crippen LogP contribution in [0.2, 0.25) is 0 Å². The minimum Gasteiger partial charge on any atom is -0.405 e. The molecule has 1 aromatic rings. The highest BCUT2D eigenvalue weighted by molar-refractivity contribution is 9.08. The lowest BCUT2D eigenvalue weighted by atomic mass is 10.1. The van der Waals surface area contributed by atoms with Crippen LogP contribution in [0, 0.1) is 18.3 Å². The maximum absolute atomic E-state index is 12.3. The zero-order valence-electron chi connectivity index (χ0n) is 8.81. The number of aryl methyl sites for hydroxylation is 1. The number of ether oxygens (including phenoxy) is 1. The summed E-state index contributed by atoms with van der Waals surface area (Å²) in [6.07, 6.45) is -3.74. The van der Waals surface area contributed by atoms with Gasteiger partial charge in [-0.1, -0.05) is 15.9 Å². The lowest BCUT2D eigenvalue weighted by Gasteiger charge is -2.16. The van der Waals surface area contributed by atoms with Gasteiger partial charge in [-0.15, -0.1) is 13.2 Å². The Kier molecular flexibility index (Phi) is 4.34. The number of nitrogens with zero attached hydrogens (tertiary/aromatic N) is 2. The van der Waals surface area contributed by atoms with Gasteiger partial charge < -0.3 is 4.74 Å². The molecule has 0 amide bonds. The van der Waals surface area contributed by atoms with Crippen molar-refractivity contribution in [1.29, 1.82) is 5.26 Å². The van der Waals surface area contributed by atoms with Gasteiger partial charge in [0.1, 0.15) is 5.75 Å². The van der Waals surface area contributed by atoms with Gasteiger partial charge in [0.15, 0.2) is 0 Å². The first-order valence-corrected chi connectivity index (χ1v) is 5.67. The Morgan fingerprint density at radius 2 is 2.18 bits per heavy atom. The molecule has 0 spiro atoms. The summed E-state index contributed by atoms with van der Waals surface area (Å²) >= 11 is 3.08. The van der Waals surface area contributed by atoms with Crippen LogP contribution in [0.1, 0.15) is 16.8 Å². The van der Waals surface area contributed by atoms with Gasteiger partial charge in [0.05, 0.1) is 12.5 Å². The largest absolute Gasteiger partial charge is 0.573 e. The normalized spacial score (nSPS) is 11.1. The summed E-state index contributed by atoms with van der Waals surface area (Å²) in [5.74, 6) is -0.330. The van der Waals surface area contributed by atoms with Crippen LogP contribution in [0.5, 0.6) is 5.75 Å². The van der Waals surface area contributed by atoms with E-state index in [2.05, 4.69) is 25.7 Å². The van der Waals surface area contributed by atoms with Gasteiger partial charge in [0.2, 0.25) is 0 Å². The molecule has 0 aliphatic heterocycles. The van der Waals surface area contributed by atoms with Gasteiger partial charge in [0.25, 0.3) is 0 Å². The molecule has 0 fully saturated rings. The first-order valence-electron chi connectivity index (χ1n) is 4.55. The molecule has 1 heterocycles.